The first-order valence-corrected chi connectivity index (χ1v) is 8.62. The van der Waals surface area contributed by atoms with Crippen LogP contribution < -0.4 is 5.32 Å². The van der Waals surface area contributed by atoms with Crippen molar-refractivity contribution in [2.75, 3.05) is 5.32 Å². The first kappa shape index (κ1) is 18.0. The quantitative estimate of drug-likeness (QED) is 0.515. The van der Waals surface area contributed by atoms with E-state index in [0.29, 0.717) is 11.2 Å². The van der Waals surface area contributed by atoms with Crippen molar-refractivity contribution in [3.8, 4) is 11.3 Å². The molecular weight excluding hydrogens is 398 g/mol. The number of hydrogen-bond acceptors (Lipinski definition) is 5. The summed E-state index contributed by atoms with van der Waals surface area (Å²) in [5, 5.41) is 4.56. The molecule has 0 fully saturated rings. The zero-order valence-corrected chi connectivity index (χ0v) is 14.6. The predicted molar refractivity (Wildman–Crippen MR) is 93.5 cm³/mol. The van der Waals surface area contributed by atoms with Gasteiger partial charge in [-0.25, -0.2) is 19.3 Å². The van der Waals surface area contributed by atoms with Crippen LogP contribution >= 0.6 is 11.3 Å². The van der Waals surface area contributed by atoms with Gasteiger partial charge in [-0.15, -0.1) is 11.3 Å². The number of amides is 1. The van der Waals surface area contributed by atoms with E-state index in [9.17, 15) is 22.4 Å². The van der Waals surface area contributed by atoms with Crippen LogP contribution in [0.1, 0.15) is 16.1 Å². The van der Waals surface area contributed by atoms with E-state index in [1.807, 2.05) is 0 Å². The van der Waals surface area contributed by atoms with Crippen molar-refractivity contribution in [1.82, 2.24) is 19.4 Å². The molecule has 3 aromatic heterocycles. The van der Waals surface area contributed by atoms with Crippen molar-refractivity contribution in [3.63, 3.8) is 0 Å². The molecule has 6 nitrogen and oxygen atoms in total. The lowest BCUT2D eigenvalue weighted by molar-refractivity contribution is -0.137. The monoisotopic (exact) mass is 407 g/mol. The molecule has 0 bridgehead atoms. The van der Waals surface area contributed by atoms with Crippen molar-refractivity contribution in [2.45, 2.75) is 6.18 Å². The summed E-state index contributed by atoms with van der Waals surface area (Å²) in [6.07, 6.45) is 0.832. The highest BCUT2D eigenvalue weighted by Gasteiger charge is 2.35. The van der Waals surface area contributed by atoms with Crippen molar-refractivity contribution in [2.24, 2.45) is 0 Å². The molecule has 1 N–H and O–H groups in total. The Kier molecular flexibility index (Phi) is 4.30. The highest BCUT2D eigenvalue weighted by Crippen LogP contribution is 2.37. The van der Waals surface area contributed by atoms with Crippen LogP contribution in [0.15, 0.2) is 48.4 Å². The Balaban J connectivity index is 1.81. The minimum atomic E-state index is -4.77. The second-order valence-electron chi connectivity index (χ2n) is 5.61. The third-order valence-corrected chi connectivity index (χ3v) is 4.49. The standard InChI is InChI=1S/C17H9F4N5OS/c18-9-1-2-10(11(7-9)17(19,20)21)12-8-26-5-3-22-13(14(26)24-12)15(27)25-16-23-4-6-28-16/h1-8H,(H,23,25,27). The highest BCUT2D eigenvalue weighted by atomic mass is 32.1. The number of alkyl halides is 3. The lowest BCUT2D eigenvalue weighted by atomic mass is 10.0. The first-order valence-electron chi connectivity index (χ1n) is 7.74. The average molecular weight is 407 g/mol. The number of rotatable bonds is 3. The van der Waals surface area contributed by atoms with E-state index in [1.165, 1.54) is 40.5 Å². The fraction of sp³-hybridized carbons (Fsp3) is 0.0588. The molecule has 0 saturated heterocycles. The van der Waals surface area contributed by atoms with E-state index in [2.05, 4.69) is 20.3 Å². The van der Waals surface area contributed by atoms with Gasteiger partial charge in [-0.1, -0.05) is 0 Å². The van der Waals surface area contributed by atoms with Crippen LogP contribution in [0.3, 0.4) is 0 Å². The molecule has 1 amide bonds. The van der Waals surface area contributed by atoms with Gasteiger partial charge in [0, 0.05) is 35.7 Å². The lowest BCUT2D eigenvalue weighted by Gasteiger charge is -2.11. The topological polar surface area (TPSA) is 72.2 Å². The number of carbonyl (C=O) groups excluding carboxylic acids is 1. The van der Waals surface area contributed by atoms with Crippen molar-refractivity contribution in [1.29, 1.82) is 0 Å². The zero-order valence-electron chi connectivity index (χ0n) is 13.7. The highest BCUT2D eigenvalue weighted by molar-refractivity contribution is 7.13. The Labute approximate surface area is 158 Å². The van der Waals surface area contributed by atoms with Gasteiger partial charge >= 0.3 is 6.18 Å². The summed E-state index contributed by atoms with van der Waals surface area (Å²) in [4.78, 5) is 24.5. The fourth-order valence-corrected chi connectivity index (χ4v) is 3.15. The number of nitrogens with zero attached hydrogens (tertiary/aromatic N) is 4. The molecule has 0 aliphatic heterocycles. The number of halogens is 4. The molecule has 4 rings (SSSR count). The number of imidazole rings is 1. The number of fused-ring (bicyclic) bond motifs is 1. The van der Waals surface area contributed by atoms with Crippen LogP contribution in [0.5, 0.6) is 0 Å². The Morgan fingerprint density at radius 3 is 2.71 bits per heavy atom. The molecule has 0 aliphatic rings. The molecule has 0 unspecified atom stereocenters. The van der Waals surface area contributed by atoms with E-state index in [4.69, 9.17) is 0 Å². The molecule has 11 heteroatoms. The predicted octanol–water partition coefficient (Wildman–Crippen LogP) is 4.26. The smallest absolute Gasteiger partial charge is 0.303 e. The zero-order chi connectivity index (χ0) is 19.9. The third kappa shape index (κ3) is 3.31. The summed E-state index contributed by atoms with van der Waals surface area (Å²) < 4.78 is 54.6. The Morgan fingerprint density at radius 1 is 1.18 bits per heavy atom. The molecule has 28 heavy (non-hydrogen) atoms. The summed E-state index contributed by atoms with van der Waals surface area (Å²) in [6.45, 7) is 0. The Hall–Kier alpha value is -3.34. The van der Waals surface area contributed by atoms with E-state index in [0.717, 1.165) is 12.1 Å². The van der Waals surface area contributed by atoms with Gasteiger partial charge in [0.15, 0.2) is 16.5 Å². The van der Waals surface area contributed by atoms with Gasteiger partial charge in [-0.2, -0.15) is 13.2 Å². The Morgan fingerprint density at radius 2 is 2.00 bits per heavy atom. The average Bonchev–Trinajstić information content (AvgIpc) is 3.29. The molecule has 0 radical (unpaired) electrons. The van der Waals surface area contributed by atoms with Gasteiger partial charge in [0.05, 0.1) is 11.3 Å². The maximum absolute atomic E-state index is 13.4. The first-order chi connectivity index (χ1) is 13.3. The number of nitrogens with one attached hydrogen (secondary N) is 1. The molecule has 0 spiro atoms. The number of aromatic nitrogens is 4. The molecule has 0 atom stereocenters. The van der Waals surface area contributed by atoms with Gasteiger partial charge in [0.1, 0.15) is 5.82 Å². The molecule has 0 saturated carbocycles. The number of anilines is 1. The van der Waals surface area contributed by atoms with Gasteiger partial charge in [0.2, 0.25) is 0 Å². The van der Waals surface area contributed by atoms with Crippen molar-refractivity contribution in [3.05, 3.63) is 65.4 Å². The van der Waals surface area contributed by atoms with Crippen LogP contribution in [-0.2, 0) is 6.18 Å². The molecule has 142 valence electrons. The van der Waals surface area contributed by atoms with E-state index in [-0.39, 0.29) is 22.6 Å². The molecule has 3 heterocycles. The van der Waals surface area contributed by atoms with Crippen LogP contribution in [0.4, 0.5) is 22.7 Å². The van der Waals surface area contributed by atoms with E-state index >= 15 is 0 Å². The van der Waals surface area contributed by atoms with Gasteiger partial charge < -0.3 is 4.40 Å². The van der Waals surface area contributed by atoms with Crippen LogP contribution in [0, 0.1) is 5.82 Å². The summed E-state index contributed by atoms with van der Waals surface area (Å²) in [6, 6.07) is 2.33. The number of carbonyl (C=O) groups is 1. The molecule has 0 aliphatic carbocycles. The van der Waals surface area contributed by atoms with Crippen LogP contribution in [0.2, 0.25) is 0 Å². The minimum Gasteiger partial charge on any atom is -0.303 e. The molecule has 1 aromatic carbocycles. The normalized spacial score (nSPS) is 11.7. The number of hydrogen-bond donors (Lipinski definition) is 1. The van der Waals surface area contributed by atoms with E-state index in [1.54, 1.807) is 5.38 Å². The third-order valence-electron chi connectivity index (χ3n) is 3.81. The number of thiazole rings is 1. The lowest BCUT2D eigenvalue weighted by Crippen LogP contribution is -2.15. The van der Waals surface area contributed by atoms with Gasteiger partial charge in [0.25, 0.3) is 5.91 Å². The molecule has 4 aromatic rings. The van der Waals surface area contributed by atoms with Gasteiger partial charge in [-0.3, -0.25) is 10.1 Å². The van der Waals surface area contributed by atoms with E-state index < -0.39 is 23.5 Å². The van der Waals surface area contributed by atoms with Crippen LogP contribution in [-0.4, -0.2) is 25.3 Å². The number of benzene rings is 1. The maximum atomic E-state index is 13.4. The fourth-order valence-electron chi connectivity index (χ4n) is 2.63. The molecular formula is C17H9F4N5OS. The van der Waals surface area contributed by atoms with Crippen molar-refractivity contribution >= 4 is 28.0 Å². The Bertz CT molecular complexity index is 1170. The SMILES string of the molecule is O=C(Nc1nccs1)c1nccn2cc(-c3ccc(F)cc3C(F)(F)F)nc12. The summed E-state index contributed by atoms with van der Waals surface area (Å²) in [7, 11) is 0. The second-order valence-corrected chi connectivity index (χ2v) is 6.51. The largest absolute Gasteiger partial charge is 0.417 e. The maximum Gasteiger partial charge on any atom is 0.417 e. The minimum absolute atomic E-state index is 0.0593. The van der Waals surface area contributed by atoms with Crippen LogP contribution in [0.25, 0.3) is 16.9 Å². The second kappa shape index (κ2) is 6.68. The van der Waals surface area contributed by atoms with Gasteiger partial charge in [-0.05, 0) is 18.2 Å². The summed E-state index contributed by atoms with van der Waals surface area (Å²) in [5.74, 6) is -1.61. The summed E-state index contributed by atoms with van der Waals surface area (Å²) in [5.41, 5.74) is -1.55. The van der Waals surface area contributed by atoms with Crippen molar-refractivity contribution < 1.29 is 22.4 Å². The summed E-state index contributed by atoms with van der Waals surface area (Å²) >= 11 is 1.20.